The third-order valence-corrected chi connectivity index (χ3v) is 2.19. The summed E-state index contributed by atoms with van der Waals surface area (Å²) in [6, 6.07) is 8.47. The number of hydrogen-bond acceptors (Lipinski definition) is 0. The molecule has 0 amide bonds. The maximum absolute atomic E-state index is 13.3. The van der Waals surface area contributed by atoms with Crippen LogP contribution < -0.4 is 0 Å². The van der Waals surface area contributed by atoms with Gasteiger partial charge in [0, 0.05) is 5.56 Å². The minimum Gasteiger partial charge on any atom is -0.204 e. The molecule has 4 heteroatoms. The lowest BCUT2D eigenvalue weighted by Gasteiger charge is -2.05. The van der Waals surface area contributed by atoms with E-state index in [1.54, 1.807) is 18.2 Å². The summed E-state index contributed by atoms with van der Waals surface area (Å²) >= 11 is 0. The Morgan fingerprint density at radius 2 is 1.31 bits per heavy atom. The molecule has 16 heavy (non-hydrogen) atoms. The minimum absolute atomic E-state index is 0.290. The van der Waals surface area contributed by atoms with Crippen LogP contribution in [0.15, 0.2) is 36.4 Å². The van der Waals surface area contributed by atoms with Crippen LogP contribution in [0.3, 0.4) is 0 Å². The molecule has 0 N–H and O–H groups in total. The predicted octanol–water partition coefficient (Wildman–Crippen LogP) is 3.91. The zero-order valence-corrected chi connectivity index (χ0v) is 7.98. The van der Waals surface area contributed by atoms with Crippen molar-refractivity contribution in [3.05, 3.63) is 59.7 Å². The Hall–Kier alpha value is -1.84. The van der Waals surface area contributed by atoms with Gasteiger partial charge in [-0.25, -0.2) is 17.6 Å². The van der Waals surface area contributed by atoms with Gasteiger partial charge in [-0.05, 0) is 11.6 Å². The highest BCUT2D eigenvalue weighted by Crippen LogP contribution is 2.27. The van der Waals surface area contributed by atoms with Crippen LogP contribution in [0.25, 0.3) is 11.1 Å². The Kier molecular flexibility index (Phi) is 2.64. The standard InChI is InChI=1S/C12H6F4/c13-9-6-8(7-4-2-1-3-5-7)10(14)12(16)11(9)15/h1-6H. The van der Waals surface area contributed by atoms with Crippen molar-refractivity contribution in [3.63, 3.8) is 0 Å². The van der Waals surface area contributed by atoms with E-state index in [-0.39, 0.29) is 11.1 Å². The van der Waals surface area contributed by atoms with Gasteiger partial charge in [0.1, 0.15) is 0 Å². The zero-order valence-electron chi connectivity index (χ0n) is 7.98. The fourth-order valence-corrected chi connectivity index (χ4v) is 1.40. The summed E-state index contributed by atoms with van der Waals surface area (Å²) in [7, 11) is 0. The number of benzene rings is 2. The van der Waals surface area contributed by atoms with Crippen molar-refractivity contribution in [2.24, 2.45) is 0 Å². The van der Waals surface area contributed by atoms with Crippen molar-refractivity contribution in [3.8, 4) is 11.1 Å². The number of halogens is 4. The van der Waals surface area contributed by atoms with Crippen molar-refractivity contribution in [1.82, 2.24) is 0 Å². The monoisotopic (exact) mass is 226 g/mol. The first kappa shape index (κ1) is 10.7. The molecule has 2 aromatic rings. The maximum atomic E-state index is 13.3. The fraction of sp³-hybridized carbons (Fsp3) is 0. The second-order valence-electron chi connectivity index (χ2n) is 3.21. The highest BCUT2D eigenvalue weighted by Gasteiger charge is 2.19. The lowest BCUT2D eigenvalue weighted by atomic mass is 10.0. The Bertz CT molecular complexity index is 520. The summed E-state index contributed by atoms with van der Waals surface area (Å²) < 4.78 is 51.9. The van der Waals surface area contributed by atoms with E-state index < -0.39 is 23.3 Å². The van der Waals surface area contributed by atoms with Gasteiger partial charge < -0.3 is 0 Å². The topological polar surface area (TPSA) is 0 Å². The van der Waals surface area contributed by atoms with Gasteiger partial charge in [0.25, 0.3) is 0 Å². The van der Waals surface area contributed by atoms with Crippen LogP contribution in [0.4, 0.5) is 17.6 Å². The normalized spacial score (nSPS) is 10.5. The fourth-order valence-electron chi connectivity index (χ4n) is 1.40. The summed E-state index contributed by atoms with van der Waals surface area (Å²) in [4.78, 5) is 0. The molecule has 0 aromatic heterocycles. The molecular weight excluding hydrogens is 220 g/mol. The lowest BCUT2D eigenvalue weighted by Crippen LogP contribution is -1.98. The van der Waals surface area contributed by atoms with Crippen LogP contribution in [0, 0.1) is 23.3 Å². The molecule has 0 saturated carbocycles. The molecule has 2 rings (SSSR count). The highest BCUT2D eigenvalue weighted by atomic mass is 19.2. The van der Waals surface area contributed by atoms with E-state index in [1.165, 1.54) is 12.1 Å². The molecule has 0 saturated heterocycles. The van der Waals surface area contributed by atoms with Crippen molar-refractivity contribution in [2.75, 3.05) is 0 Å². The quantitative estimate of drug-likeness (QED) is 0.393. The molecule has 0 nitrogen and oxygen atoms in total. The SMILES string of the molecule is Fc1cc(-c2ccccc2)c(F)c(F)c1F. The molecular formula is C12H6F4. The summed E-state index contributed by atoms with van der Waals surface area (Å²) in [6.45, 7) is 0. The van der Waals surface area contributed by atoms with Gasteiger partial charge >= 0.3 is 0 Å². The van der Waals surface area contributed by atoms with Crippen molar-refractivity contribution < 1.29 is 17.6 Å². The summed E-state index contributed by atoms with van der Waals surface area (Å²) in [5, 5.41) is 0. The van der Waals surface area contributed by atoms with E-state index in [9.17, 15) is 17.6 Å². The van der Waals surface area contributed by atoms with Crippen LogP contribution in [-0.4, -0.2) is 0 Å². The molecule has 0 fully saturated rings. The van der Waals surface area contributed by atoms with E-state index in [1.807, 2.05) is 0 Å². The predicted molar refractivity (Wildman–Crippen MR) is 51.7 cm³/mol. The van der Waals surface area contributed by atoms with E-state index >= 15 is 0 Å². The molecule has 2 aromatic carbocycles. The Morgan fingerprint density at radius 3 is 1.94 bits per heavy atom. The van der Waals surface area contributed by atoms with Gasteiger partial charge in [-0.3, -0.25) is 0 Å². The van der Waals surface area contributed by atoms with Gasteiger partial charge in [-0.1, -0.05) is 30.3 Å². The van der Waals surface area contributed by atoms with Crippen molar-refractivity contribution in [1.29, 1.82) is 0 Å². The number of rotatable bonds is 1. The van der Waals surface area contributed by atoms with Crippen LogP contribution in [-0.2, 0) is 0 Å². The van der Waals surface area contributed by atoms with Gasteiger partial charge in [-0.15, -0.1) is 0 Å². The Labute approximate surface area is 89.2 Å². The molecule has 82 valence electrons. The van der Waals surface area contributed by atoms with Crippen LogP contribution in [0.5, 0.6) is 0 Å². The lowest BCUT2D eigenvalue weighted by molar-refractivity contribution is 0.411. The molecule has 0 aliphatic carbocycles. The van der Waals surface area contributed by atoms with Crippen molar-refractivity contribution >= 4 is 0 Å². The van der Waals surface area contributed by atoms with E-state index in [0.29, 0.717) is 6.07 Å². The van der Waals surface area contributed by atoms with Crippen LogP contribution in [0.1, 0.15) is 0 Å². The molecule has 0 radical (unpaired) electrons. The maximum Gasteiger partial charge on any atom is 0.198 e. The summed E-state index contributed by atoms with van der Waals surface area (Å²) in [6.07, 6.45) is 0. The molecule has 0 aliphatic heterocycles. The van der Waals surface area contributed by atoms with Crippen LogP contribution in [0.2, 0.25) is 0 Å². The number of hydrogen-bond donors (Lipinski definition) is 0. The third-order valence-electron chi connectivity index (χ3n) is 2.19. The first-order chi connectivity index (χ1) is 7.61. The van der Waals surface area contributed by atoms with E-state index in [0.717, 1.165) is 0 Å². The van der Waals surface area contributed by atoms with Crippen molar-refractivity contribution in [2.45, 2.75) is 0 Å². The van der Waals surface area contributed by atoms with Crippen LogP contribution >= 0.6 is 0 Å². The Balaban J connectivity index is 2.68. The summed E-state index contributed by atoms with van der Waals surface area (Å²) in [5.41, 5.74) is -0.00481. The Morgan fingerprint density at radius 1 is 0.688 bits per heavy atom. The highest BCUT2D eigenvalue weighted by molar-refractivity contribution is 5.64. The smallest absolute Gasteiger partial charge is 0.198 e. The second kappa shape index (κ2) is 3.96. The minimum atomic E-state index is -1.79. The van der Waals surface area contributed by atoms with Gasteiger partial charge in [0.2, 0.25) is 0 Å². The molecule has 0 bridgehead atoms. The zero-order chi connectivity index (χ0) is 11.7. The van der Waals surface area contributed by atoms with Gasteiger partial charge in [-0.2, -0.15) is 0 Å². The largest absolute Gasteiger partial charge is 0.204 e. The van der Waals surface area contributed by atoms with E-state index in [4.69, 9.17) is 0 Å². The molecule has 0 unspecified atom stereocenters. The first-order valence-corrected chi connectivity index (χ1v) is 4.49. The van der Waals surface area contributed by atoms with Gasteiger partial charge in [0.05, 0.1) is 0 Å². The van der Waals surface area contributed by atoms with E-state index in [2.05, 4.69) is 0 Å². The summed E-state index contributed by atoms with van der Waals surface area (Å²) in [5.74, 6) is -6.38. The molecule has 0 aliphatic rings. The third kappa shape index (κ3) is 1.66. The first-order valence-electron chi connectivity index (χ1n) is 4.49. The molecule has 0 atom stereocenters. The van der Waals surface area contributed by atoms with Gasteiger partial charge in [0.15, 0.2) is 23.3 Å². The second-order valence-corrected chi connectivity index (χ2v) is 3.21. The molecule has 0 heterocycles. The average Bonchev–Trinajstić information content (AvgIpc) is 2.32. The molecule has 0 spiro atoms. The average molecular weight is 226 g/mol.